The number of hydrogen-bond acceptors (Lipinski definition) is 7. The quantitative estimate of drug-likeness (QED) is 0.534. The SMILES string of the molecule is CCS(=O)(=O)c1ccc(C(=O)NCCN2CCN(C)CC2)c([N+](=O)[O-])c1. The average molecular weight is 384 g/mol. The van der Waals surface area contributed by atoms with Crippen molar-refractivity contribution in [1.82, 2.24) is 15.1 Å². The Morgan fingerprint density at radius 1 is 1.27 bits per heavy atom. The molecule has 0 aliphatic carbocycles. The Labute approximate surface area is 153 Å². The van der Waals surface area contributed by atoms with Crippen LogP contribution in [0.3, 0.4) is 0 Å². The normalized spacial score (nSPS) is 16.4. The van der Waals surface area contributed by atoms with Crippen LogP contribution in [-0.2, 0) is 9.84 Å². The summed E-state index contributed by atoms with van der Waals surface area (Å²) in [6, 6.07) is 3.39. The van der Waals surface area contributed by atoms with E-state index in [4.69, 9.17) is 0 Å². The van der Waals surface area contributed by atoms with Gasteiger partial charge in [-0.05, 0) is 19.2 Å². The molecule has 1 aliphatic heterocycles. The van der Waals surface area contributed by atoms with Gasteiger partial charge in [-0.25, -0.2) is 8.42 Å². The van der Waals surface area contributed by atoms with E-state index < -0.39 is 26.4 Å². The number of carbonyl (C=O) groups excluding carboxylic acids is 1. The number of nitro groups is 1. The van der Waals surface area contributed by atoms with E-state index in [0.717, 1.165) is 32.2 Å². The largest absolute Gasteiger partial charge is 0.351 e. The van der Waals surface area contributed by atoms with E-state index in [2.05, 4.69) is 22.2 Å². The first-order chi connectivity index (χ1) is 12.2. The van der Waals surface area contributed by atoms with E-state index in [1.54, 1.807) is 0 Å². The van der Waals surface area contributed by atoms with Gasteiger partial charge in [0.25, 0.3) is 11.6 Å². The molecule has 10 heteroatoms. The third kappa shape index (κ3) is 4.99. The van der Waals surface area contributed by atoms with Crippen molar-refractivity contribution in [3.8, 4) is 0 Å². The van der Waals surface area contributed by atoms with E-state index in [1.807, 2.05) is 0 Å². The molecule has 0 unspecified atom stereocenters. The van der Waals surface area contributed by atoms with E-state index in [1.165, 1.54) is 19.1 Å². The second-order valence-corrected chi connectivity index (χ2v) is 8.52. The maximum absolute atomic E-state index is 12.3. The van der Waals surface area contributed by atoms with Crippen LogP contribution < -0.4 is 5.32 Å². The molecule has 0 saturated carbocycles. The van der Waals surface area contributed by atoms with Gasteiger partial charge < -0.3 is 10.2 Å². The molecular formula is C16H24N4O5S. The fourth-order valence-corrected chi connectivity index (χ4v) is 3.61. The van der Waals surface area contributed by atoms with Crippen LogP contribution >= 0.6 is 0 Å². The minimum Gasteiger partial charge on any atom is -0.351 e. The zero-order chi connectivity index (χ0) is 19.3. The first kappa shape index (κ1) is 20.3. The fraction of sp³-hybridized carbons (Fsp3) is 0.562. The van der Waals surface area contributed by atoms with E-state index >= 15 is 0 Å². The van der Waals surface area contributed by atoms with Crippen molar-refractivity contribution in [1.29, 1.82) is 0 Å². The van der Waals surface area contributed by atoms with E-state index in [9.17, 15) is 23.3 Å². The lowest BCUT2D eigenvalue weighted by Gasteiger charge is -2.32. The van der Waals surface area contributed by atoms with Crippen LogP contribution in [0, 0.1) is 10.1 Å². The predicted molar refractivity (Wildman–Crippen MR) is 97.1 cm³/mol. The van der Waals surface area contributed by atoms with Crippen molar-refractivity contribution in [3.05, 3.63) is 33.9 Å². The molecule has 2 rings (SSSR count). The molecular weight excluding hydrogens is 360 g/mol. The highest BCUT2D eigenvalue weighted by molar-refractivity contribution is 7.91. The lowest BCUT2D eigenvalue weighted by atomic mass is 10.1. The Morgan fingerprint density at radius 3 is 2.50 bits per heavy atom. The molecule has 9 nitrogen and oxygen atoms in total. The lowest BCUT2D eigenvalue weighted by Crippen LogP contribution is -2.46. The number of nitrogens with one attached hydrogen (secondary N) is 1. The number of likely N-dealkylation sites (N-methyl/N-ethyl adjacent to an activating group) is 1. The van der Waals surface area contributed by atoms with Crippen LogP contribution in [-0.4, -0.2) is 81.1 Å². The molecule has 1 saturated heterocycles. The van der Waals surface area contributed by atoms with Crippen molar-refractivity contribution < 1.29 is 18.1 Å². The fourth-order valence-electron chi connectivity index (χ4n) is 2.71. The van der Waals surface area contributed by atoms with Crippen LogP contribution in [0.2, 0.25) is 0 Å². The Hall–Kier alpha value is -2.04. The molecule has 0 atom stereocenters. The second-order valence-electron chi connectivity index (χ2n) is 6.24. The van der Waals surface area contributed by atoms with Gasteiger partial charge >= 0.3 is 0 Å². The van der Waals surface area contributed by atoms with E-state index in [-0.39, 0.29) is 16.2 Å². The summed E-state index contributed by atoms with van der Waals surface area (Å²) < 4.78 is 23.8. The van der Waals surface area contributed by atoms with Gasteiger partial charge in [0, 0.05) is 45.3 Å². The summed E-state index contributed by atoms with van der Waals surface area (Å²) in [7, 11) is -1.52. The van der Waals surface area contributed by atoms with E-state index in [0.29, 0.717) is 13.1 Å². The molecule has 0 aromatic heterocycles. The van der Waals surface area contributed by atoms with Crippen LogP contribution in [0.5, 0.6) is 0 Å². The highest BCUT2D eigenvalue weighted by Crippen LogP contribution is 2.23. The number of rotatable bonds is 7. The minimum absolute atomic E-state index is 0.136. The van der Waals surface area contributed by atoms with Gasteiger partial charge in [0.05, 0.1) is 15.6 Å². The average Bonchev–Trinajstić information content (AvgIpc) is 2.62. The summed E-state index contributed by atoms with van der Waals surface area (Å²) in [5.41, 5.74) is -0.639. The van der Waals surface area contributed by atoms with Crippen LogP contribution in [0.4, 0.5) is 5.69 Å². The molecule has 1 fully saturated rings. The number of hydrogen-bond donors (Lipinski definition) is 1. The standard InChI is InChI=1S/C16H24N4O5S/c1-3-26(24,25)13-4-5-14(15(12-13)20(22)23)16(21)17-6-7-19-10-8-18(2)9-11-19/h4-5,12H,3,6-11H2,1-2H3,(H,17,21). The number of benzene rings is 1. The van der Waals surface area contributed by atoms with Crippen LogP contribution in [0.15, 0.2) is 23.1 Å². The molecule has 0 spiro atoms. The molecule has 1 aromatic carbocycles. The van der Waals surface area contributed by atoms with Crippen LogP contribution in [0.25, 0.3) is 0 Å². The summed E-state index contributed by atoms with van der Waals surface area (Å²) >= 11 is 0. The summed E-state index contributed by atoms with van der Waals surface area (Å²) in [6.07, 6.45) is 0. The maximum atomic E-state index is 12.3. The third-order valence-corrected chi connectivity index (χ3v) is 6.19. The number of sulfone groups is 1. The molecule has 1 aromatic rings. The summed E-state index contributed by atoms with van der Waals surface area (Å²) in [5.74, 6) is -0.743. The minimum atomic E-state index is -3.58. The molecule has 144 valence electrons. The zero-order valence-corrected chi connectivity index (χ0v) is 15.8. The second kappa shape index (κ2) is 8.56. The van der Waals surface area contributed by atoms with Crippen molar-refractivity contribution in [3.63, 3.8) is 0 Å². The Kier molecular flexibility index (Phi) is 6.68. The molecule has 1 N–H and O–H groups in total. The highest BCUT2D eigenvalue weighted by atomic mass is 32.2. The van der Waals surface area contributed by atoms with Gasteiger partial charge in [0.15, 0.2) is 9.84 Å². The molecule has 26 heavy (non-hydrogen) atoms. The Bertz CT molecular complexity index is 773. The van der Waals surface area contributed by atoms with Gasteiger partial charge in [0.2, 0.25) is 0 Å². The Balaban J connectivity index is 2.04. The van der Waals surface area contributed by atoms with Gasteiger partial charge in [0.1, 0.15) is 5.56 Å². The summed E-state index contributed by atoms with van der Waals surface area (Å²) in [5, 5.41) is 13.9. The van der Waals surface area contributed by atoms with Crippen molar-refractivity contribution >= 4 is 21.4 Å². The lowest BCUT2D eigenvalue weighted by molar-refractivity contribution is -0.385. The van der Waals surface area contributed by atoms with Gasteiger partial charge in [-0.1, -0.05) is 6.92 Å². The highest BCUT2D eigenvalue weighted by Gasteiger charge is 2.24. The van der Waals surface area contributed by atoms with Crippen LogP contribution in [0.1, 0.15) is 17.3 Å². The number of nitro benzene ring substituents is 1. The molecule has 1 aliphatic rings. The molecule has 1 heterocycles. The molecule has 1 amide bonds. The smallest absolute Gasteiger partial charge is 0.283 e. The van der Waals surface area contributed by atoms with Gasteiger partial charge in [-0.3, -0.25) is 19.8 Å². The van der Waals surface area contributed by atoms with Gasteiger partial charge in [-0.2, -0.15) is 0 Å². The molecule has 0 bridgehead atoms. The first-order valence-electron chi connectivity index (χ1n) is 8.45. The summed E-state index contributed by atoms with van der Waals surface area (Å²) in [4.78, 5) is 27.1. The number of carbonyl (C=O) groups is 1. The number of piperazine rings is 1. The summed E-state index contributed by atoms with van der Waals surface area (Å²) in [6.45, 7) is 6.25. The Morgan fingerprint density at radius 2 is 1.92 bits per heavy atom. The van der Waals surface area contributed by atoms with Crippen molar-refractivity contribution in [2.24, 2.45) is 0 Å². The topological polar surface area (TPSA) is 113 Å². The van der Waals surface area contributed by atoms with Crippen molar-refractivity contribution in [2.45, 2.75) is 11.8 Å². The predicted octanol–water partition coefficient (Wildman–Crippen LogP) is 0.366. The zero-order valence-electron chi connectivity index (χ0n) is 15.0. The van der Waals surface area contributed by atoms with Gasteiger partial charge in [-0.15, -0.1) is 0 Å². The van der Waals surface area contributed by atoms with Crippen molar-refractivity contribution in [2.75, 3.05) is 52.1 Å². The number of amides is 1. The maximum Gasteiger partial charge on any atom is 0.283 e. The molecule has 0 radical (unpaired) electrons. The number of nitrogens with zero attached hydrogens (tertiary/aromatic N) is 3. The monoisotopic (exact) mass is 384 g/mol. The first-order valence-corrected chi connectivity index (χ1v) is 10.1. The third-order valence-electron chi connectivity index (χ3n) is 4.46.